The number of rotatable bonds is 9. The van der Waals surface area contributed by atoms with Crippen molar-refractivity contribution in [3.63, 3.8) is 0 Å². The number of hydrogen-bond donors (Lipinski definition) is 2. The molecule has 2 rings (SSSR count). The Morgan fingerprint density at radius 2 is 1.64 bits per heavy atom. The first-order valence-electron chi connectivity index (χ1n) is 9.29. The van der Waals surface area contributed by atoms with Gasteiger partial charge in [0.1, 0.15) is 5.75 Å². The maximum Gasteiger partial charge on any atom is 0.251 e. The number of sulfonamides is 1. The van der Waals surface area contributed by atoms with Gasteiger partial charge < -0.3 is 10.1 Å². The van der Waals surface area contributed by atoms with Crippen molar-refractivity contribution in [2.75, 3.05) is 17.6 Å². The summed E-state index contributed by atoms with van der Waals surface area (Å²) in [5.74, 6) is 0.960. The van der Waals surface area contributed by atoms with Gasteiger partial charge in [0.25, 0.3) is 5.91 Å². The molecule has 2 aromatic carbocycles. The largest absolute Gasteiger partial charge is 0.497 e. The highest BCUT2D eigenvalue weighted by Crippen LogP contribution is 2.24. The highest BCUT2D eigenvalue weighted by molar-refractivity contribution is 7.92. The molecule has 1 amide bonds. The van der Waals surface area contributed by atoms with Crippen molar-refractivity contribution in [2.24, 2.45) is 5.92 Å². The lowest BCUT2D eigenvalue weighted by atomic mass is 9.96. The van der Waals surface area contributed by atoms with Crippen LogP contribution in [0.1, 0.15) is 49.2 Å². The minimum absolute atomic E-state index is 0.00597. The van der Waals surface area contributed by atoms with Gasteiger partial charge in [0, 0.05) is 11.3 Å². The average molecular weight is 405 g/mol. The number of anilines is 1. The molecule has 28 heavy (non-hydrogen) atoms. The van der Waals surface area contributed by atoms with Crippen molar-refractivity contribution in [1.82, 2.24) is 5.32 Å². The van der Waals surface area contributed by atoms with Gasteiger partial charge >= 0.3 is 0 Å². The van der Waals surface area contributed by atoms with E-state index in [1.165, 1.54) is 0 Å². The number of hydrogen-bond acceptors (Lipinski definition) is 4. The Bertz CT molecular complexity index is 876. The van der Waals surface area contributed by atoms with Crippen molar-refractivity contribution >= 4 is 21.6 Å². The predicted octanol–water partition coefficient (Wildman–Crippen LogP) is 3.97. The Hall–Kier alpha value is -2.54. The Morgan fingerprint density at radius 1 is 1.04 bits per heavy atom. The first kappa shape index (κ1) is 21.8. The summed E-state index contributed by atoms with van der Waals surface area (Å²) < 4.78 is 30.9. The number of carbonyl (C=O) groups excluding carboxylic acids is 1. The van der Waals surface area contributed by atoms with Crippen molar-refractivity contribution < 1.29 is 17.9 Å². The molecule has 2 N–H and O–H groups in total. The van der Waals surface area contributed by atoms with Gasteiger partial charge in [-0.3, -0.25) is 9.52 Å². The van der Waals surface area contributed by atoms with Crippen molar-refractivity contribution in [3.05, 3.63) is 59.7 Å². The maximum absolute atomic E-state index is 12.7. The summed E-state index contributed by atoms with van der Waals surface area (Å²) in [5, 5.41) is 3.08. The molecule has 2 aromatic rings. The molecule has 0 fully saturated rings. The van der Waals surface area contributed by atoms with Crippen molar-refractivity contribution in [1.29, 1.82) is 0 Å². The van der Waals surface area contributed by atoms with E-state index >= 15 is 0 Å². The minimum atomic E-state index is -3.34. The number of amides is 1. The minimum Gasteiger partial charge on any atom is -0.497 e. The van der Waals surface area contributed by atoms with Crippen LogP contribution in [-0.2, 0) is 10.0 Å². The van der Waals surface area contributed by atoms with Crippen LogP contribution in [0.3, 0.4) is 0 Å². The van der Waals surface area contributed by atoms with Crippen LogP contribution in [0.4, 0.5) is 5.69 Å². The first-order valence-corrected chi connectivity index (χ1v) is 10.9. The van der Waals surface area contributed by atoms with E-state index in [4.69, 9.17) is 4.74 Å². The molecule has 0 aliphatic heterocycles. The molecule has 0 radical (unpaired) electrons. The highest BCUT2D eigenvalue weighted by Gasteiger charge is 2.17. The van der Waals surface area contributed by atoms with E-state index in [-0.39, 0.29) is 17.7 Å². The van der Waals surface area contributed by atoms with Gasteiger partial charge in [-0.15, -0.1) is 0 Å². The van der Waals surface area contributed by atoms with E-state index in [0.29, 0.717) is 17.2 Å². The molecular formula is C21H28N2O4S. The van der Waals surface area contributed by atoms with Crippen LogP contribution in [0, 0.1) is 5.92 Å². The van der Waals surface area contributed by atoms with Gasteiger partial charge in [-0.2, -0.15) is 0 Å². The molecule has 0 heterocycles. The second-order valence-electron chi connectivity index (χ2n) is 7.01. The van der Waals surface area contributed by atoms with Crippen LogP contribution < -0.4 is 14.8 Å². The van der Waals surface area contributed by atoms with E-state index in [9.17, 15) is 13.2 Å². The quantitative estimate of drug-likeness (QED) is 0.662. The fraction of sp³-hybridized carbons (Fsp3) is 0.381. The molecule has 0 spiro atoms. The zero-order valence-electron chi connectivity index (χ0n) is 16.7. The van der Waals surface area contributed by atoms with E-state index < -0.39 is 10.0 Å². The van der Waals surface area contributed by atoms with Crippen LogP contribution in [0.25, 0.3) is 0 Å². The number of benzene rings is 2. The van der Waals surface area contributed by atoms with Crippen LogP contribution in [0.2, 0.25) is 0 Å². The van der Waals surface area contributed by atoms with Crippen molar-refractivity contribution in [3.8, 4) is 5.75 Å². The summed E-state index contributed by atoms with van der Waals surface area (Å²) >= 11 is 0. The third-order valence-electron chi connectivity index (χ3n) is 4.33. The molecule has 0 aliphatic carbocycles. The fourth-order valence-electron chi connectivity index (χ4n) is 2.77. The summed E-state index contributed by atoms with van der Waals surface area (Å²) in [7, 11) is -1.72. The summed E-state index contributed by atoms with van der Waals surface area (Å²) in [5.41, 5.74) is 1.92. The van der Waals surface area contributed by atoms with Crippen molar-refractivity contribution in [2.45, 2.75) is 33.2 Å². The first-order chi connectivity index (χ1) is 13.2. The maximum atomic E-state index is 12.7. The van der Waals surface area contributed by atoms with Gasteiger partial charge in [-0.1, -0.05) is 26.0 Å². The zero-order chi connectivity index (χ0) is 20.7. The molecule has 0 bridgehead atoms. The molecule has 6 nitrogen and oxygen atoms in total. The molecule has 7 heteroatoms. The lowest BCUT2D eigenvalue weighted by molar-refractivity contribution is 0.0932. The molecule has 0 aliphatic rings. The molecule has 152 valence electrons. The lowest BCUT2D eigenvalue weighted by Crippen LogP contribution is -2.29. The zero-order valence-corrected chi connectivity index (χ0v) is 17.5. The molecule has 1 unspecified atom stereocenters. The van der Waals surface area contributed by atoms with Crippen LogP contribution in [0.15, 0.2) is 48.5 Å². The van der Waals surface area contributed by atoms with E-state index in [2.05, 4.69) is 23.9 Å². The third-order valence-corrected chi connectivity index (χ3v) is 5.64. The number of nitrogens with one attached hydrogen (secondary N) is 2. The molecular weight excluding hydrogens is 376 g/mol. The van der Waals surface area contributed by atoms with Crippen LogP contribution >= 0.6 is 0 Å². The average Bonchev–Trinajstić information content (AvgIpc) is 2.67. The summed E-state index contributed by atoms with van der Waals surface area (Å²) in [6.45, 7) is 5.78. The highest BCUT2D eigenvalue weighted by atomic mass is 32.2. The van der Waals surface area contributed by atoms with Gasteiger partial charge in [-0.05, 0) is 61.2 Å². The molecule has 0 saturated carbocycles. The van der Waals surface area contributed by atoms with E-state index in [1.807, 2.05) is 24.3 Å². The van der Waals surface area contributed by atoms with E-state index in [0.717, 1.165) is 17.7 Å². The van der Waals surface area contributed by atoms with Crippen LogP contribution in [0.5, 0.6) is 5.75 Å². The summed E-state index contributed by atoms with van der Waals surface area (Å²) in [6, 6.07) is 13.9. The third kappa shape index (κ3) is 6.27. The Balaban J connectivity index is 2.13. The Morgan fingerprint density at radius 3 is 2.14 bits per heavy atom. The lowest BCUT2D eigenvalue weighted by Gasteiger charge is -2.21. The van der Waals surface area contributed by atoms with Gasteiger partial charge in [0.15, 0.2) is 0 Å². The number of methoxy groups -OCH3 is 1. The predicted molar refractivity (Wildman–Crippen MR) is 112 cm³/mol. The number of carbonyl (C=O) groups is 1. The Kier molecular flexibility index (Phi) is 7.45. The monoisotopic (exact) mass is 404 g/mol. The van der Waals surface area contributed by atoms with Gasteiger partial charge in [0.2, 0.25) is 10.0 Å². The smallest absolute Gasteiger partial charge is 0.251 e. The second-order valence-corrected chi connectivity index (χ2v) is 9.02. The standard InChI is InChI=1S/C21H28N2O4S/c1-5-28(25,26)23-18-10-6-17(7-11-18)21(24)22-20(14-15(2)3)16-8-12-19(27-4)13-9-16/h6-13,15,20,23H,5,14H2,1-4H3,(H,22,24). The normalized spacial score (nSPS) is 12.5. The van der Waals surface area contributed by atoms with E-state index in [1.54, 1.807) is 38.3 Å². The van der Waals surface area contributed by atoms with Gasteiger partial charge in [-0.25, -0.2) is 8.42 Å². The SMILES string of the molecule is CCS(=O)(=O)Nc1ccc(C(=O)NC(CC(C)C)c2ccc(OC)cc2)cc1. The van der Waals surface area contributed by atoms with Crippen LogP contribution in [-0.4, -0.2) is 27.2 Å². The molecule has 0 saturated heterocycles. The fourth-order valence-corrected chi connectivity index (χ4v) is 3.41. The summed E-state index contributed by atoms with van der Waals surface area (Å²) in [6.07, 6.45) is 0.798. The Labute approximate surface area is 167 Å². The summed E-state index contributed by atoms with van der Waals surface area (Å²) in [4.78, 5) is 12.7. The molecule has 1 atom stereocenters. The van der Waals surface area contributed by atoms with Gasteiger partial charge in [0.05, 0.1) is 18.9 Å². The number of ether oxygens (including phenoxy) is 1. The second kappa shape index (κ2) is 9.59. The molecule has 0 aromatic heterocycles. The topological polar surface area (TPSA) is 84.5 Å².